The zero-order chi connectivity index (χ0) is 11.4. The van der Waals surface area contributed by atoms with Crippen LogP contribution in [0.5, 0.6) is 0 Å². The van der Waals surface area contributed by atoms with Gasteiger partial charge in [-0.05, 0) is 24.6 Å². The smallest absolute Gasteiger partial charge is 0.131 e. The molecule has 0 radical (unpaired) electrons. The van der Waals surface area contributed by atoms with Gasteiger partial charge in [-0.25, -0.2) is 4.39 Å². The highest BCUT2D eigenvalue weighted by Crippen LogP contribution is 2.17. The van der Waals surface area contributed by atoms with E-state index < -0.39 is 0 Å². The van der Waals surface area contributed by atoms with Crippen LogP contribution in [0.2, 0.25) is 0 Å². The molecule has 80 valence electrons. The molecular weight excluding hydrogens is 201 g/mol. The second kappa shape index (κ2) is 4.71. The van der Waals surface area contributed by atoms with Crippen LogP contribution < -0.4 is 0 Å². The van der Waals surface area contributed by atoms with Crippen LogP contribution in [0, 0.1) is 12.7 Å². The Kier molecular flexibility index (Phi) is 3.10. The minimum atomic E-state index is -0.250. The van der Waals surface area contributed by atoms with Crippen LogP contribution >= 0.6 is 0 Å². The summed E-state index contributed by atoms with van der Waals surface area (Å²) < 4.78 is 13.3. The molecule has 0 bridgehead atoms. The number of hydrogen-bond acceptors (Lipinski definition) is 1. The fourth-order valence-electron chi connectivity index (χ4n) is 1.43. The second-order valence-electron chi connectivity index (χ2n) is 3.57. The molecule has 0 heterocycles. The number of para-hydroxylation sites is 1. The molecule has 0 aliphatic heterocycles. The van der Waals surface area contributed by atoms with E-state index >= 15 is 0 Å². The van der Waals surface area contributed by atoms with Crippen molar-refractivity contribution in [3.05, 3.63) is 65.5 Å². The van der Waals surface area contributed by atoms with E-state index in [0.717, 1.165) is 11.3 Å². The number of benzene rings is 2. The molecule has 0 aliphatic rings. The summed E-state index contributed by atoms with van der Waals surface area (Å²) >= 11 is 0. The van der Waals surface area contributed by atoms with Gasteiger partial charge >= 0.3 is 0 Å². The lowest BCUT2D eigenvalue weighted by Gasteiger charge is -1.98. The van der Waals surface area contributed by atoms with Gasteiger partial charge in [0.15, 0.2) is 0 Å². The van der Waals surface area contributed by atoms with Crippen molar-refractivity contribution in [1.29, 1.82) is 0 Å². The van der Waals surface area contributed by atoms with Crippen molar-refractivity contribution in [2.75, 3.05) is 0 Å². The van der Waals surface area contributed by atoms with Crippen molar-refractivity contribution < 1.29 is 4.39 Å². The maximum Gasteiger partial charge on any atom is 0.131 e. The Balaban J connectivity index is 2.29. The molecule has 2 rings (SSSR count). The lowest BCUT2D eigenvalue weighted by Crippen LogP contribution is -1.86. The molecule has 2 aromatic rings. The normalized spacial score (nSPS) is 10.9. The van der Waals surface area contributed by atoms with Gasteiger partial charge in [-0.2, -0.15) is 0 Å². The summed E-state index contributed by atoms with van der Waals surface area (Å²) in [7, 11) is 0. The summed E-state index contributed by atoms with van der Waals surface area (Å²) in [5.41, 5.74) is 2.45. The van der Waals surface area contributed by atoms with Gasteiger partial charge in [-0.3, -0.25) is 4.99 Å². The lowest BCUT2D eigenvalue weighted by molar-refractivity contribution is 0.626. The molecule has 0 saturated carbocycles. The van der Waals surface area contributed by atoms with Gasteiger partial charge in [0.05, 0.1) is 5.69 Å². The van der Waals surface area contributed by atoms with Crippen molar-refractivity contribution in [1.82, 2.24) is 0 Å². The Labute approximate surface area is 94.3 Å². The molecule has 0 amide bonds. The lowest BCUT2D eigenvalue weighted by atomic mass is 10.2. The molecule has 0 unspecified atom stereocenters. The predicted molar refractivity (Wildman–Crippen MR) is 64.8 cm³/mol. The molecule has 1 nitrogen and oxygen atoms in total. The summed E-state index contributed by atoms with van der Waals surface area (Å²) in [4.78, 5) is 4.27. The van der Waals surface area contributed by atoms with E-state index in [1.807, 2.05) is 31.2 Å². The van der Waals surface area contributed by atoms with Crippen LogP contribution in [-0.2, 0) is 0 Å². The first-order valence-corrected chi connectivity index (χ1v) is 5.11. The standard InChI is InChI=1S/C14H12FN/c1-11-6-2-5-9-14(11)16-10-12-7-3-4-8-13(12)15/h2-10H,1H3. The number of rotatable bonds is 2. The number of aliphatic imine (C=N–C) groups is 1. The van der Waals surface area contributed by atoms with Crippen LogP contribution in [0.15, 0.2) is 53.5 Å². The Bertz CT molecular complexity index is 470. The van der Waals surface area contributed by atoms with E-state index in [1.165, 1.54) is 6.07 Å². The van der Waals surface area contributed by atoms with Crippen LogP contribution in [0.3, 0.4) is 0 Å². The molecule has 0 fully saturated rings. The van der Waals surface area contributed by atoms with Crippen LogP contribution in [0.25, 0.3) is 0 Å². The highest BCUT2D eigenvalue weighted by Gasteiger charge is 1.97. The summed E-state index contributed by atoms with van der Waals surface area (Å²) in [5.74, 6) is -0.250. The van der Waals surface area contributed by atoms with E-state index in [9.17, 15) is 4.39 Å². The topological polar surface area (TPSA) is 12.4 Å². The third kappa shape index (κ3) is 2.34. The van der Waals surface area contributed by atoms with Gasteiger partial charge in [-0.1, -0.05) is 36.4 Å². The first kappa shape index (κ1) is 10.6. The van der Waals surface area contributed by atoms with Gasteiger partial charge < -0.3 is 0 Å². The van der Waals surface area contributed by atoms with Crippen molar-refractivity contribution in [2.45, 2.75) is 6.92 Å². The van der Waals surface area contributed by atoms with Crippen molar-refractivity contribution >= 4 is 11.9 Å². The average molecular weight is 213 g/mol. The van der Waals surface area contributed by atoms with Gasteiger partial charge in [0.25, 0.3) is 0 Å². The Morgan fingerprint density at radius 2 is 1.69 bits per heavy atom. The molecule has 2 aromatic carbocycles. The zero-order valence-corrected chi connectivity index (χ0v) is 9.02. The maximum absolute atomic E-state index is 13.3. The van der Waals surface area contributed by atoms with E-state index in [1.54, 1.807) is 24.4 Å². The van der Waals surface area contributed by atoms with Crippen molar-refractivity contribution in [3.63, 3.8) is 0 Å². The maximum atomic E-state index is 13.3. The Morgan fingerprint density at radius 1 is 1.00 bits per heavy atom. The highest BCUT2D eigenvalue weighted by atomic mass is 19.1. The molecule has 2 heteroatoms. The van der Waals surface area contributed by atoms with Crippen LogP contribution in [0.4, 0.5) is 10.1 Å². The molecule has 16 heavy (non-hydrogen) atoms. The zero-order valence-electron chi connectivity index (χ0n) is 9.02. The third-order valence-corrected chi connectivity index (χ3v) is 2.36. The average Bonchev–Trinajstić information content (AvgIpc) is 2.30. The fraction of sp³-hybridized carbons (Fsp3) is 0.0714. The van der Waals surface area contributed by atoms with Crippen molar-refractivity contribution in [2.24, 2.45) is 4.99 Å². The number of hydrogen-bond donors (Lipinski definition) is 0. The molecular formula is C14H12FN. The van der Waals surface area contributed by atoms with E-state index in [4.69, 9.17) is 0 Å². The van der Waals surface area contributed by atoms with Crippen LogP contribution in [0.1, 0.15) is 11.1 Å². The van der Waals surface area contributed by atoms with E-state index in [0.29, 0.717) is 5.56 Å². The number of aryl methyl sites for hydroxylation is 1. The molecule has 0 atom stereocenters. The largest absolute Gasteiger partial charge is 0.256 e. The quantitative estimate of drug-likeness (QED) is 0.671. The van der Waals surface area contributed by atoms with Crippen LogP contribution in [-0.4, -0.2) is 6.21 Å². The summed E-state index contributed by atoms with van der Waals surface area (Å²) in [6.07, 6.45) is 1.55. The van der Waals surface area contributed by atoms with Gasteiger partial charge in [-0.15, -0.1) is 0 Å². The third-order valence-electron chi connectivity index (χ3n) is 2.36. The Hall–Kier alpha value is -1.96. The molecule has 0 spiro atoms. The predicted octanol–water partition coefficient (Wildman–Crippen LogP) is 3.88. The SMILES string of the molecule is Cc1ccccc1N=Cc1ccccc1F. The van der Waals surface area contributed by atoms with Gasteiger partial charge in [0, 0.05) is 11.8 Å². The summed E-state index contributed by atoms with van der Waals surface area (Å²) in [6, 6.07) is 14.4. The summed E-state index contributed by atoms with van der Waals surface area (Å²) in [6.45, 7) is 1.98. The van der Waals surface area contributed by atoms with Gasteiger partial charge in [0.1, 0.15) is 5.82 Å². The second-order valence-corrected chi connectivity index (χ2v) is 3.57. The van der Waals surface area contributed by atoms with E-state index in [-0.39, 0.29) is 5.82 Å². The molecule has 0 N–H and O–H groups in total. The first-order chi connectivity index (χ1) is 7.77. The number of halogens is 1. The van der Waals surface area contributed by atoms with Crippen molar-refractivity contribution in [3.8, 4) is 0 Å². The Morgan fingerprint density at radius 3 is 2.44 bits per heavy atom. The molecule has 0 aromatic heterocycles. The van der Waals surface area contributed by atoms with Gasteiger partial charge in [0.2, 0.25) is 0 Å². The minimum absolute atomic E-state index is 0.250. The fourth-order valence-corrected chi connectivity index (χ4v) is 1.43. The molecule has 0 saturated heterocycles. The van der Waals surface area contributed by atoms with E-state index in [2.05, 4.69) is 4.99 Å². The minimum Gasteiger partial charge on any atom is -0.256 e. The molecule has 0 aliphatic carbocycles. The summed E-state index contributed by atoms with van der Waals surface area (Å²) in [5, 5.41) is 0. The monoisotopic (exact) mass is 213 g/mol. The highest BCUT2D eigenvalue weighted by molar-refractivity contribution is 5.82. The number of nitrogens with zero attached hydrogens (tertiary/aromatic N) is 1. The first-order valence-electron chi connectivity index (χ1n) is 5.11.